The monoisotopic (exact) mass is 353 g/mol. The van der Waals surface area contributed by atoms with Crippen LogP contribution in [0.4, 0.5) is 13.2 Å². The van der Waals surface area contributed by atoms with Crippen molar-refractivity contribution in [2.24, 2.45) is 5.73 Å². The molecule has 0 amide bonds. The first-order chi connectivity index (χ1) is 9.38. The topological polar surface area (TPSA) is 26.0 Å². The molecule has 1 atom stereocenters. The molecule has 1 nitrogen and oxygen atoms in total. The van der Waals surface area contributed by atoms with Crippen molar-refractivity contribution in [1.29, 1.82) is 0 Å². The Morgan fingerprint density at radius 3 is 2.14 bits per heavy atom. The lowest BCUT2D eigenvalue weighted by Crippen LogP contribution is -2.28. The SMILES string of the molecule is Cl.N[C@@H](c1ccccc1Sc1ccc(Cl)cc1)C(F)(F)F. The molecule has 21 heavy (non-hydrogen) atoms. The molecule has 2 aromatic rings. The Morgan fingerprint density at radius 1 is 1.00 bits per heavy atom. The molecule has 2 rings (SSSR count). The van der Waals surface area contributed by atoms with E-state index < -0.39 is 12.2 Å². The van der Waals surface area contributed by atoms with Crippen LogP contribution in [0.1, 0.15) is 11.6 Å². The fourth-order valence-corrected chi connectivity index (χ4v) is 2.75. The van der Waals surface area contributed by atoms with E-state index in [4.69, 9.17) is 17.3 Å². The molecule has 0 saturated carbocycles. The first-order valence-corrected chi connectivity index (χ1v) is 6.92. The zero-order valence-corrected chi connectivity index (χ0v) is 13.0. The van der Waals surface area contributed by atoms with Crippen LogP contribution in [0.15, 0.2) is 58.3 Å². The van der Waals surface area contributed by atoms with Crippen LogP contribution in [0.5, 0.6) is 0 Å². The van der Waals surface area contributed by atoms with Crippen molar-refractivity contribution in [2.75, 3.05) is 0 Å². The van der Waals surface area contributed by atoms with Crippen LogP contribution in [0.3, 0.4) is 0 Å². The van der Waals surface area contributed by atoms with Crippen molar-refractivity contribution >= 4 is 35.8 Å². The maximum Gasteiger partial charge on any atom is 0.407 e. The average molecular weight is 354 g/mol. The smallest absolute Gasteiger partial charge is 0.316 e. The van der Waals surface area contributed by atoms with E-state index in [2.05, 4.69) is 0 Å². The van der Waals surface area contributed by atoms with E-state index in [1.807, 2.05) is 0 Å². The molecule has 0 heterocycles. The van der Waals surface area contributed by atoms with Gasteiger partial charge in [-0.1, -0.05) is 41.6 Å². The van der Waals surface area contributed by atoms with Gasteiger partial charge in [-0.15, -0.1) is 12.4 Å². The minimum Gasteiger partial charge on any atom is -0.316 e. The third-order valence-electron chi connectivity index (χ3n) is 2.65. The standard InChI is InChI=1S/C14H11ClF3NS.ClH/c15-9-5-7-10(8-6-9)20-12-4-2-1-3-11(12)13(19)14(16,17)18;/h1-8,13H,19H2;1H/t13-;/m0./s1. The molecular formula is C14H12Cl2F3NS. The van der Waals surface area contributed by atoms with Gasteiger partial charge < -0.3 is 5.73 Å². The normalized spacial score (nSPS) is 12.6. The second-order valence-corrected chi connectivity index (χ2v) is 5.66. The second-order valence-electron chi connectivity index (χ2n) is 4.11. The summed E-state index contributed by atoms with van der Waals surface area (Å²) in [5.74, 6) is 0. The lowest BCUT2D eigenvalue weighted by Gasteiger charge is -2.18. The highest BCUT2D eigenvalue weighted by molar-refractivity contribution is 7.99. The fraction of sp³-hybridized carbons (Fsp3) is 0.143. The first-order valence-electron chi connectivity index (χ1n) is 5.72. The van der Waals surface area contributed by atoms with Gasteiger partial charge in [0, 0.05) is 14.8 Å². The number of hydrogen-bond donors (Lipinski definition) is 1. The molecule has 7 heteroatoms. The van der Waals surface area contributed by atoms with Crippen molar-refractivity contribution in [1.82, 2.24) is 0 Å². The molecule has 0 bridgehead atoms. The molecule has 0 fully saturated rings. The number of halogens is 5. The van der Waals surface area contributed by atoms with Crippen molar-refractivity contribution in [3.8, 4) is 0 Å². The van der Waals surface area contributed by atoms with Crippen molar-refractivity contribution < 1.29 is 13.2 Å². The number of nitrogens with two attached hydrogens (primary N) is 1. The number of benzene rings is 2. The van der Waals surface area contributed by atoms with E-state index in [-0.39, 0.29) is 18.0 Å². The molecule has 0 spiro atoms. The molecule has 0 aromatic heterocycles. The summed E-state index contributed by atoms with van der Waals surface area (Å²) in [4.78, 5) is 1.29. The third kappa shape index (κ3) is 4.81. The van der Waals surface area contributed by atoms with Gasteiger partial charge in [0.25, 0.3) is 0 Å². The van der Waals surface area contributed by atoms with E-state index in [1.54, 1.807) is 42.5 Å². The van der Waals surface area contributed by atoms with E-state index in [9.17, 15) is 13.2 Å². The van der Waals surface area contributed by atoms with Gasteiger partial charge >= 0.3 is 6.18 Å². The summed E-state index contributed by atoms with van der Waals surface area (Å²) in [6.45, 7) is 0. The molecule has 2 N–H and O–H groups in total. The van der Waals surface area contributed by atoms with E-state index >= 15 is 0 Å². The van der Waals surface area contributed by atoms with Gasteiger partial charge in [-0.2, -0.15) is 13.2 Å². The summed E-state index contributed by atoms with van der Waals surface area (Å²) in [5.41, 5.74) is 5.36. The molecule has 0 radical (unpaired) electrons. The Labute approximate surface area is 136 Å². The molecule has 0 unspecified atom stereocenters. The Bertz CT molecular complexity index is 588. The largest absolute Gasteiger partial charge is 0.407 e. The van der Waals surface area contributed by atoms with Crippen LogP contribution < -0.4 is 5.73 Å². The van der Waals surface area contributed by atoms with Crippen LogP contribution in [0.25, 0.3) is 0 Å². The fourth-order valence-electron chi connectivity index (χ4n) is 1.64. The van der Waals surface area contributed by atoms with Crippen LogP contribution in [0, 0.1) is 0 Å². The summed E-state index contributed by atoms with van der Waals surface area (Å²) in [6.07, 6.45) is -4.46. The third-order valence-corrected chi connectivity index (χ3v) is 4.00. The second kappa shape index (κ2) is 7.40. The summed E-state index contributed by atoms with van der Waals surface area (Å²) in [5, 5.41) is 0.578. The molecule has 0 aliphatic carbocycles. The average Bonchev–Trinajstić information content (AvgIpc) is 2.40. The predicted octanol–water partition coefficient (Wildman–Crippen LogP) is 5.48. The minimum absolute atomic E-state index is 0. The molecule has 0 aliphatic heterocycles. The van der Waals surface area contributed by atoms with E-state index in [0.717, 1.165) is 4.90 Å². The van der Waals surface area contributed by atoms with Crippen LogP contribution >= 0.6 is 35.8 Å². The number of alkyl halides is 3. The summed E-state index contributed by atoms with van der Waals surface area (Å²) >= 11 is 7.01. The Hall–Kier alpha value is -0.880. The molecule has 0 saturated heterocycles. The molecule has 0 aliphatic rings. The maximum absolute atomic E-state index is 12.8. The minimum atomic E-state index is -4.46. The summed E-state index contributed by atoms with van der Waals surface area (Å²) in [6, 6.07) is 11.2. The zero-order chi connectivity index (χ0) is 14.8. The van der Waals surface area contributed by atoms with Crippen LogP contribution in [0.2, 0.25) is 5.02 Å². The highest BCUT2D eigenvalue weighted by Crippen LogP contribution is 2.38. The number of rotatable bonds is 3. The molecule has 114 valence electrons. The Morgan fingerprint density at radius 2 is 1.57 bits per heavy atom. The molecular weight excluding hydrogens is 342 g/mol. The quantitative estimate of drug-likeness (QED) is 0.790. The maximum atomic E-state index is 12.8. The Kier molecular flexibility index (Phi) is 6.41. The van der Waals surface area contributed by atoms with Crippen molar-refractivity contribution in [3.63, 3.8) is 0 Å². The van der Waals surface area contributed by atoms with Gasteiger partial charge in [-0.05, 0) is 35.9 Å². The summed E-state index contributed by atoms with van der Waals surface area (Å²) < 4.78 is 38.3. The number of hydrogen-bond acceptors (Lipinski definition) is 2. The van der Waals surface area contributed by atoms with Gasteiger partial charge in [0.1, 0.15) is 6.04 Å². The van der Waals surface area contributed by atoms with Crippen LogP contribution in [-0.4, -0.2) is 6.18 Å². The highest BCUT2D eigenvalue weighted by Gasteiger charge is 2.38. The van der Waals surface area contributed by atoms with Crippen molar-refractivity contribution in [3.05, 3.63) is 59.1 Å². The zero-order valence-electron chi connectivity index (χ0n) is 10.6. The van der Waals surface area contributed by atoms with Gasteiger partial charge in [0.15, 0.2) is 0 Å². The van der Waals surface area contributed by atoms with E-state index in [0.29, 0.717) is 9.92 Å². The van der Waals surface area contributed by atoms with Gasteiger partial charge in [0.2, 0.25) is 0 Å². The van der Waals surface area contributed by atoms with E-state index in [1.165, 1.54) is 17.8 Å². The predicted molar refractivity (Wildman–Crippen MR) is 82.2 cm³/mol. The van der Waals surface area contributed by atoms with Gasteiger partial charge in [0.05, 0.1) is 0 Å². The molecule has 2 aromatic carbocycles. The van der Waals surface area contributed by atoms with Gasteiger partial charge in [-0.25, -0.2) is 0 Å². The van der Waals surface area contributed by atoms with Crippen LogP contribution in [-0.2, 0) is 0 Å². The lowest BCUT2D eigenvalue weighted by molar-refractivity contribution is -0.149. The summed E-state index contributed by atoms with van der Waals surface area (Å²) in [7, 11) is 0. The van der Waals surface area contributed by atoms with Crippen molar-refractivity contribution in [2.45, 2.75) is 22.0 Å². The highest BCUT2D eigenvalue weighted by atomic mass is 35.5. The lowest BCUT2D eigenvalue weighted by atomic mass is 10.1. The first kappa shape index (κ1) is 18.2. The Balaban J connectivity index is 0.00000220. The van der Waals surface area contributed by atoms with Gasteiger partial charge in [-0.3, -0.25) is 0 Å².